The summed E-state index contributed by atoms with van der Waals surface area (Å²) in [7, 11) is 0. The Balaban J connectivity index is 1.36. The maximum atomic E-state index is 13.6. The zero-order chi connectivity index (χ0) is 42.2. The molecule has 6 atom stereocenters. The lowest BCUT2D eigenvalue weighted by Gasteiger charge is -2.39. The number of nitrogens with two attached hydrogens (primary N) is 3. The minimum absolute atomic E-state index is 0.0432. The fourth-order valence-corrected chi connectivity index (χ4v) is 5.89. The second-order valence-corrected chi connectivity index (χ2v) is 13.2. The molecule has 324 valence electrons. The molecule has 0 bridgehead atoms. The summed E-state index contributed by atoms with van der Waals surface area (Å²) in [6, 6.07) is 4.20. The molecule has 0 fully saturated rings. The number of ether oxygens (including phenoxy) is 8. The van der Waals surface area contributed by atoms with Gasteiger partial charge in [0.15, 0.2) is 29.5 Å². The first-order chi connectivity index (χ1) is 27.8. The second-order valence-electron chi connectivity index (χ2n) is 13.2. The Hall–Kier alpha value is -4.65. The Morgan fingerprint density at radius 3 is 1.95 bits per heavy atom. The summed E-state index contributed by atoms with van der Waals surface area (Å²) < 4.78 is 45.1. The molecule has 21 heteroatoms. The van der Waals surface area contributed by atoms with Crippen molar-refractivity contribution < 1.29 is 83.5 Å². The Kier molecular flexibility index (Phi) is 18.3. The number of phenols is 5. The van der Waals surface area contributed by atoms with Crippen LogP contribution in [0, 0.1) is 0 Å². The lowest BCUT2D eigenvalue weighted by Crippen LogP contribution is -2.43. The molecule has 58 heavy (non-hydrogen) atoms. The maximum Gasteiger partial charge on any atom is 0.334 e. The van der Waals surface area contributed by atoms with Crippen molar-refractivity contribution in [3.05, 3.63) is 58.9 Å². The van der Waals surface area contributed by atoms with Gasteiger partial charge in [-0.05, 0) is 18.2 Å². The zero-order valence-electron chi connectivity index (χ0n) is 31.8. The first-order valence-electron chi connectivity index (χ1n) is 18.4. The van der Waals surface area contributed by atoms with Gasteiger partial charge in [-0.3, -0.25) is 0 Å². The molecule has 0 radical (unpaired) electrons. The van der Waals surface area contributed by atoms with Gasteiger partial charge >= 0.3 is 5.97 Å². The summed E-state index contributed by atoms with van der Waals surface area (Å²) >= 11 is 0. The van der Waals surface area contributed by atoms with Crippen LogP contribution < -0.4 is 22.0 Å². The van der Waals surface area contributed by atoms with Crippen LogP contribution in [0.4, 0.5) is 0 Å². The van der Waals surface area contributed by atoms with Crippen molar-refractivity contribution in [3.8, 4) is 34.5 Å². The van der Waals surface area contributed by atoms with Gasteiger partial charge in [0.05, 0.1) is 96.6 Å². The van der Waals surface area contributed by atoms with Crippen LogP contribution in [-0.2, 0) is 38.0 Å². The van der Waals surface area contributed by atoms with Gasteiger partial charge in [-0.25, -0.2) is 10.6 Å². The minimum Gasteiger partial charge on any atom is -0.508 e. The summed E-state index contributed by atoms with van der Waals surface area (Å²) in [5.41, 5.74) is 11.3. The zero-order valence-corrected chi connectivity index (χ0v) is 31.8. The van der Waals surface area contributed by atoms with Crippen LogP contribution in [0.2, 0.25) is 0 Å². The van der Waals surface area contributed by atoms with E-state index in [0.29, 0.717) is 59.4 Å². The number of hydrogen-bond acceptors (Lipinski definition) is 21. The third-order valence-corrected chi connectivity index (χ3v) is 8.72. The predicted molar refractivity (Wildman–Crippen MR) is 200 cm³/mol. The highest BCUT2D eigenvalue weighted by atomic mass is 16.6. The molecule has 1 aliphatic carbocycles. The van der Waals surface area contributed by atoms with Gasteiger partial charge in [-0.15, -0.1) is 0 Å². The molecule has 21 nitrogen and oxygen atoms in total. The fourth-order valence-electron chi connectivity index (χ4n) is 5.89. The van der Waals surface area contributed by atoms with Gasteiger partial charge in [0.2, 0.25) is 0 Å². The topological polar surface area (TPSA) is 334 Å². The molecule has 1 aliphatic heterocycles. The average Bonchev–Trinajstić information content (AvgIpc) is 3.17. The quantitative estimate of drug-likeness (QED) is 0.0194. The number of aliphatic hydroxyl groups is 3. The predicted octanol–water partition coefficient (Wildman–Crippen LogP) is -1.25. The van der Waals surface area contributed by atoms with Crippen LogP contribution in [0.1, 0.15) is 29.8 Å². The Bertz CT molecular complexity index is 1660. The lowest BCUT2D eigenvalue weighted by atomic mass is 9.90. The number of fused-ring (bicyclic) bond motifs is 1. The largest absolute Gasteiger partial charge is 0.508 e. The number of phenolic OH excluding ortho intramolecular Hbond substituents is 5. The van der Waals surface area contributed by atoms with E-state index < -0.39 is 77.8 Å². The standard InChI is InChI=1S/C37H54N4O17/c38-1-3-51-5-7-53-9-11-55-12-10-54-8-6-52-4-2-41(40)19-23(39)20-56-35-31-25(43)17-24(42)18-30(31)57-34(21-13-26(44)32(48)27(45)14-21)36(35)58-37(50)22-15-28(46)33(49)29(47)16-22/h13-15,17-19,28-29,33-36,42-49H,1-12,16,20,38-40H2/b23-19-. The lowest BCUT2D eigenvalue weighted by molar-refractivity contribution is -0.168. The molecule has 0 amide bonds. The van der Waals surface area contributed by atoms with Gasteiger partial charge in [0, 0.05) is 42.4 Å². The van der Waals surface area contributed by atoms with E-state index in [9.17, 15) is 45.6 Å². The monoisotopic (exact) mass is 826 g/mol. The average molecular weight is 827 g/mol. The van der Waals surface area contributed by atoms with Crippen molar-refractivity contribution in [2.75, 3.05) is 85.8 Å². The van der Waals surface area contributed by atoms with E-state index in [1.54, 1.807) is 0 Å². The van der Waals surface area contributed by atoms with E-state index in [4.69, 9.17) is 55.2 Å². The summed E-state index contributed by atoms with van der Waals surface area (Å²) in [6.45, 7) is 4.18. The molecular formula is C37H54N4O17. The molecule has 6 unspecified atom stereocenters. The summed E-state index contributed by atoms with van der Waals surface area (Å²) in [5, 5.41) is 83.5. The van der Waals surface area contributed by atoms with E-state index in [0.717, 1.165) is 30.3 Å². The Morgan fingerprint density at radius 2 is 1.38 bits per heavy atom. The van der Waals surface area contributed by atoms with Crippen molar-refractivity contribution in [3.63, 3.8) is 0 Å². The van der Waals surface area contributed by atoms with E-state index >= 15 is 0 Å². The second kappa shape index (κ2) is 23.1. The molecule has 0 aromatic heterocycles. The number of carbonyl (C=O) groups excluding carboxylic acids is 1. The number of nitrogens with zero attached hydrogens (tertiary/aromatic N) is 1. The molecule has 2 aromatic carbocycles. The first kappa shape index (κ1) is 46.0. The molecule has 0 saturated carbocycles. The fraction of sp³-hybridized carbons (Fsp3) is 0.541. The number of carbonyl (C=O) groups is 1. The third-order valence-electron chi connectivity index (χ3n) is 8.72. The SMILES string of the molecule is NCCOCCOCCOCCOCCOCCN(N)/C=C(\N)COC1c2c(O)cc(O)cc2OC(c2cc(O)c(O)c(O)c2)C1OC(=O)C1=CC(O)C(O)C(O)C1. The van der Waals surface area contributed by atoms with Gasteiger partial charge in [0.1, 0.15) is 35.6 Å². The van der Waals surface area contributed by atoms with Crippen LogP contribution in [0.5, 0.6) is 34.5 Å². The van der Waals surface area contributed by atoms with Gasteiger partial charge in [0.25, 0.3) is 0 Å². The third kappa shape index (κ3) is 13.5. The number of esters is 1. The smallest absolute Gasteiger partial charge is 0.334 e. The molecule has 0 saturated heterocycles. The molecule has 4 rings (SSSR count). The van der Waals surface area contributed by atoms with Crippen molar-refractivity contribution in [2.24, 2.45) is 17.3 Å². The van der Waals surface area contributed by atoms with E-state index in [-0.39, 0.29) is 54.5 Å². The van der Waals surface area contributed by atoms with Crippen molar-refractivity contribution in [2.45, 2.75) is 43.0 Å². The molecule has 1 heterocycles. The number of rotatable bonds is 24. The molecule has 2 aliphatic rings. The maximum absolute atomic E-state index is 13.6. The number of benzene rings is 2. The van der Waals surface area contributed by atoms with E-state index in [1.165, 1.54) is 11.2 Å². The van der Waals surface area contributed by atoms with Crippen molar-refractivity contribution in [1.82, 2.24) is 5.01 Å². The summed E-state index contributed by atoms with van der Waals surface area (Å²) in [5.74, 6) is 1.59. The van der Waals surface area contributed by atoms with Crippen LogP contribution in [0.15, 0.2) is 47.8 Å². The first-order valence-corrected chi connectivity index (χ1v) is 18.4. The van der Waals surface area contributed by atoms with Crippen molar-refractivity contribution in [1.29, 1.82) is 0 Å². The molecule has 2 aromatic rings. The van der Waals surface area contributed by atoms with Crippen molar-refractivity contribution >= 4 is 5.97 Å². The van der Waals surface area contributed by atoms with Gasteiger partial charge < -0.3 is 95.2 Å². The highest BCUT2D eigenvalue weighted by Gasteiger charge is 2.46. The Morgan fingerprint density at radius 1 is 0.810 bits per heavy atom. The van der Waals surface area contributed by atoms with Crippen LogP contribution in [0.3, 0.4) is 0 Å². The van der Waals surface area contributed by atoms with Crippen LogP contribution >= 0.6 is 0 Å². The van der Waals surface area contributed by atoms with Gasteiger partial charge in [-0.1, -0.05) is 0 Å². The highest BCUT2D eigenvalue weighted by Crippen LogP contribution is 2.51. The van der Waals surface area contributed by atoms with Crippen LogP contribution in [0.25, 0.3) is 0 Å². The normalized spacial score (nSPS) is 21.9. The number of hydrazine groups is 1. The van der Waals surface area contributed by atoms with E-state index in [1.807, 2.05) is 0 Å². The highest BCUT2D eigenvalue weighted by molar-refractivity contribution is 5.89. The number of hydrogen-bond donors (Lipinski definition) is 11. The molecule has 14 N–H and O–H groups in total. The van der Waals surface area contributed by atoms with Gasteiger partial charge in [-0.2, -0.15) is 0 Å². The molecular weight excluding hydrogens is 772 g/mol. The minimum atomic E-state index is -1.60. The van der Waals surface area contributed by atoms with E-state index in [2.05, 4.69) is 0 Å². The summed E-state index contributed by atoms with van der Waals surface area (Å²) in [4.78, 5) is 13.6. The number of aliphatic hydroxyl groups excluding tert-OH is 3. The molecule has 0 spiro atoms. The number of aromatic hydroxyl groups is 5. The summed E-state index contributed by atoms with van der Waals surface area (Å²) in [6.07, 6.45) is -7.14. The van der Waals surface area contributed by atoms with Crippen LogP contribution in [-0.4, -0.2) is 162 Å². The Labute approximate surface area is 333 Å².